The number of carbonyl (C=O) groups excluding carboxylic acids is 1. The van der Waals surface area contributed by atoms with Gasteiger partial charge in [-0.15, -0.1) is 0 Å². The molecule has 0 saturated carbocycles. The number of carbonyl (C=O) groups is 2. The predicted molar refractivity (Wildman–Crippen MR) is 80.7 cm³/mol. The van der Waals surface area contributed by atoms with E-state index in [1.807, 2.05) is 6.92 Å². The van der Waals surface area contributed by atoms with Gasteiger partial charge in [-0.2, -0.15) is 4.72 Å². The van der Waals surface area contributed by atoms with E-state index >= 15 is 0 Å². The Labute approximate surface area is 134 Å². The largest absolute Gasteiger partial charge is 0.480 e. The van der Waals surface area contributed by atoms with E-state index in [0.29, 0.717) is 6.42 Å². The van der Waals surface area contributed by atoms with Crippen molar-refractivity contribution in [3.8, 4) is 0 Å². The van der Waals surface area contributed by atoms with Crippen molar-refractivity contribution in [2.75, 3.05) is 7.11 Å². The van der Waals surface area contributed by atoms with Crippen LogP contribution in [-0.2, 0) is 26.0 Å². The number of rotatable bonds is 9. The smallest absolute Gasteiger partial charge is 0.373 e. The number of hydrogen-bond donors (Lipinski definition) is 2. The van der Waals surface area contributed by atoms with Gasteiger partial charge in [-0.05, 0) is 6.42 Å². The second kappa shape index (κ2) is 8.11. The van der Waals surface area contributed by atoms with Crippen molar-refractivity contribution >= 4 is 22.0 Å². The first kappa shape index (κ1) is 19.2. The standard InChI is InChI=1S/C14H21NO7S/c1-4-6-7-9(13(16)17)15-23(19,20)12-8-11(14(18)21-3)22-10(12)5-2/h8-9,15H,4-7H2,1-3H3,(H,16,17)/t9-/m0/s1. The first-order valence-electron chi connectivity index (χ1n) is 7.22. The lowest BCUT2D eigenvalue weighted by Gasteiger charge is -2.14. The normalized spacial score (nSPS) is 12.8. The Morgan fingerprint density at radius 1 is 1.39 bits per heavy atom. The Bertz CT molecular complexity index is 663. The number of sulfonamides is 1. The summed E-state index contributed by atoms with van der Waals surface area (Å²) in [5, 5.41) is 9.14. The van der Waals surface area contributed by atoms with Crippen LogP contribution in [0.1, 0.15) is 49.4 Å². The van der Waals surface area contributed by atoms with Crippen LogP contribution in [-0.4, -0.2) is 38.6 Å². The molecule has 0 aliphatic rings. The van der Waals surface area contributed by atoms with Crippen LogP contribution in [0, 0.1) is 0 Å². The number of methoxy groups -OCH3 is 1. The van der Waals surface area contributed by atoms with E-state index in [2.05, 4.69) is 9.46 Å². The van der Waals surface area contributed by atoms with Crippen molar-refractivity contribution in [1.29, 1.82) is 0 Å². The molecular formula is C14H21NO7S. The minimum atomic E-state index is -4.13. The molecule has 1 aromatic heterocycles. The minimum absolute atomic E-state index is 0.0672. The molecular weight excluding hydrogens is 326 g/mol. The van der Waals surface area contributed by atoms with Crippen LogP contribution in [0.15, 0.2) is 15.4 Å². The van der Waals surface area contributed by atoms with Crippen molar-refractivity contribution in [1.82, 2.24) is 4.72 Å². The van der Waals surface area contributed by atoms with Crippen molar-refractivity contribution in [3.63, 3.8) is 0 Å². The second-order valence-electron chi connectivity index (χ2n) is 4.90. The highest BCUT2D eigenvalue weighted by atomic mass is 32.2. The number of hydrogen-bond acceptors (Lipinski definition) is 6. The monoisotopic (exact) mass is 347 g/mol. The number of aryl methyl sites for hydroxylation is 1. The van der Waals surface area contributed by atoms with Gasteiger partial charge in [-0.25, -0.2) is 13.2 Å². The topological polar surface area (TPSA) is 123 Å². The van der Waals surface area contributed by atoms with Gasteiger partial charge in [0.2, 0.25) is 15.8 Å². The van der Waals surface area contributed by atoms with Crippen LogP contribution in [0.3, 0.4) is 0 Å². The van der Waals surface area contributed by atoms with Crippen molar-refractivity contribution in [2.45, 2.75) is 50.5 Å². The van der Waals surface area contributed by atoms with Gasteiger partial charge in [0.1, 0.15) is 16.7 Å². The average molecular weight is 347 g/mol. The molecule has 130 valence electrons. The molecule has 1 aromatic rings. The van der Waals surface area contributed by atoms with E-state index in [4.69, 9.17) is 9.52 Å². The molecule has 0 aliphatic carbocycles. The summed E-state index contributed by atoms with van der Waals surface area (Å²) in [6, 6.07) is -0.188. The lowest BCUT2D eigenvalue weighted by molar-refractivity contribution is -0.139. The maximum atomic E-state index is 12.4. The zero-order valence-electron chi connectivity index (χ0n) is 13.3. The van der Waals surface area contributed by atoms with E-state index in [1.54, 1.807) is 6.92 Å². The van der Waals surface area contributed by atoms with E-state index in [1.165, 1.54) is 0 Å². The number of carboxylic acid groups (broad SMARTS) is 1. The lowest BCUT2D eigenvalue weighted by Crippen LogP contribution is -2.40. The SMILES string of the molecule is CCCC[C@H](NS(=O)(=O)c1cc(C(=O)OC)oc1CC)C(=O)O. The molecule has 1 rings (SSSR count). The summed E-state index contributed by atoms with van der Waals surface area (Å²) >= 11 is 0. The molecule has 2 N–H and O–H groups in total. The Kier molecular flexibility index (Phi) is 6.77. The zero-order valence-corrected chi connectivity index (χ0v) is 14.1. The van der Waals surface area contributed by atoms with Crippen molar-refractivity contribution < 1.29 is 32.3 Å². The lowest BCUT2D eigenvalue weighted by atomic mass is 10.1. The number of ether oxygens (including phenoxy) is 1. The molecule has 0 radical (unpaired) electrons. The van der Waals surface area contributed by atoms with E-state index < -0.39 is 28.0 Å². The molecule has 0 unspecified atom stereocenters. The Hall–Kier alpha value is -1.87. The van der Waals surface area contributed by atoms with Gasteiger partial charge in [0, 0.05) is 12.5 Å². The molecule has 0 spiro atoms. The molecule has 1 atom stereocenters. The third-order valence-electron chi connectivity index (χ3n) is 3.21. The van der Waals surface area contributed by atoms with Crippen molar-refractivity contribution in [2.24, 2.45) is 0 Å². The fraction of sp³-hybridized carbons (Fsp3) is 0.571. The summed E-state index contributed by atoms with van der Waals surface area (Å²) < 4.78 is 36.7. The molecule has 9 heteroatoms. The van der Waals surface area contributed by atoms with Gasteiger partial charge >= 0.3 is 11.9 Å². The number of carboxylic acids is 1. The molecule has 0 aromatic carbocycles. The zero-order chi connectivity index (χ0) is 17.6. The van der Waals surface area contributed by atoms with Gasteiger partial charge < -0.3 is 14.3 Å². The maximum absolute atomic E-state index is 12.4. The Morgan fingerprint density at radius 3 is 2.52 bits per heavy atom. The minimum Gasteiger partial charge on any atom is -0.480 e. The molecule has 1 heterocycles. The molecule has 23 heavy (non-hydrogen) atoms. The summed E-state index contributed by atoms with van der Waals surface area (Å²) in [6.07, 6.45) is 1.71. The fourth-order valence-electron chi connectivity index (χ4n) is 1.98. The van der Waals surface area contributed by atoms with Gasteiger partial charge in [0.15, 0.2) is 0 Å². The van der Waals surface area contributed by atoms with Crippen LogP contribution in [0.4, 0.5) is 0 Å². The highest BCUT2D eigenvalue weighted by Gasteiger charge is 2.30. The number of furan rings is 1. The second-order valence-corrected chi connectivity index (χ2v) is 6.58. The maximum Gasteiger partial charge on any atom is 0.373 e. The molecule has 0 aliphatic heterocycles. The average Bonchev–Trinajstić information content (AvgIpc) is 2.95. The van der Waals surface area contributed by atoms with Crippen LogP contribution < -0.4 is 4.72 Å². The summed E-state index contributed by atoms with van der Waals surface area (Å²) in [5.41, 5.74) is 0. The molecule has 8 nitrogen and oxygen atoms in total. The summed E-state index contributed by atoms with van der Waals surface area (Å²) in [6.45, 7) is 3.53. The Morgan fingerprint density at radius 2 is 2.04 bits per heavy atom. The summed E-state index contributed by atoms with van der Waals surface area (Å²) in [7, 11) is -2.98. The predicted octanol–water partition coefficient (Wildman–Crippen LogP) is 1.55. The van der Waals surface area contributed by atoms with Crippen LogP contribution in [0.5, 0.6) is 0 Å². The van der Waals surface area contributed by atoms with Crippen LogP contribution in [0.2, 0.25) is 0 Å². The van der Waals surface area contributed by atoms with E-state index in [9.17, 15) is 18.0 Å². The number of nitrogens with one attached hydrogen (secondary N) is 1. The third-order valence-corrected chi connectivity index (χ3v) is 4.73. The van der Waals surface area contributed by atoms with Crippen molar-refractivity contribution in [3.05, 3.63) is 17.6 Å². The molecule has 0 fully saturated rings. The summed E-state index contributed by atoms with van der Waals surface area (Å²) in [5.74, 6) is -2.23. The quantitative estimate of drug-likeness (QED) is 0.650. The van der Waals surface area contributed by atoms with E-state index in [-0.39, 0.29) is 29.3 Å². The Balaban J connectivity index is 3.13. The van der Waals surface area contributed by atoms with Gasteiger partial charge in [0.25, 0.3) is 0 Å². The van der Waals surface area contributed by atoms with Gasteiger partial charge in [-0.3, -0.25) is 4.79 Å². The fourth-order valence-corrected chi connectivity index (χ4v) is 3.45. The molecule has 0 amide bonds. The first-order valence-corrected chi connectivity index (χ1v) is 8.71. The number of unbranched alkanes of at least 4 members (excludes halogenated alkanes) is 1. The summed E-state index contributed by atoms with van der Waals surface area (Å²) in [4.78, 5) is 22.4. The van der Waals surface area contributed by atoms with Gasteiger partial charge in [-0.1, -0.05) is 26.7 Å². The van der Waals surface area contributed by atoms with Gasteiger partial charge in [0.05, 0.1) is 7.11 Å². The van der Waals surface area contributed by atoms with E-state index in [0.717, 1.165) is 19.6 Å². The highest BCUT2D eigenvalue weighted by molar-refractivity contribution is 7.89. The number of esters is 1. The van der Waals surface area contributed by atoms with Crippen LogP contribution in [0.25, 0.3) is 0 Å². The third kappa shape index (κ3) is 4.80. The number of aliphatic carboxylic acids is 1. The molecule has 0 bridgehead atoms. The molecule has 0 saturated heterocycles. The first-order chi connectivity index (χ1) is 10.8. The van der Waals surface area contributed by atoms with Crippen LogP contribution >= 0.6 is 0 Å². The highest BCUT2D eigenvalue weighted by Crippen LogP contribution is 2.22.